The van der Waals surface area contributed by atoms with Crippen molar-refractivity contribution in [1.29, 1.82) is 0 Å². The maximum absolute atomic E-state index is 11.0. The van der Waals surface area contributed by atoms with Gasteiger partial charge in [0.2, 0.25) is 0 Å². The van der Waals surface area contributed by atoms with E-state index in [2.05, 4.69) is 22.8 Å². The third kappa shape index (κ3) is 4.23. The van der Waals surface area contributed by atoms with Crippen LogP contribution in [0.2, 0.25) is 0 Å². The first-order chi connectivity index (χ1) is 14.3. The van der Waals surface area contributed by atoms with Gasteiger partial charge in [-0.15, -0.1) is 11.3 Å². The van der Waals surface area contributed by atoms with Gasteiger partial charge in [-0.1, -0.05) is 30.3 Å². The molecule has 3 aromatic heterocycles. The molecule has 0 fully saturated rings. The first-order valence-corrected chi connectivity index (χ1v) is 10.7. The number of aliphatic hydroxyl groups is 1. The molecule has 0 radical (unpaired) electrons. The van der Waals surface area contributed by atoms with Crippen molar-refractivity contribution in [1.82, 2.24) is 14.9 Å². The summed E-state index contributed by atoms with van der Waals surface area (Å²) in [6.07, 6.45) is 0. The number of aromatic nitrogens is 2. The minimum Gasteiger partial charge on any atom is -0.463 e. The van der Waals surface area contributed by atoms with Gasteiger partial charge >= 0.3 is 0 Å². The summed E-state index contributed by atoms with van der Waals surface area (Å²) < 4.78 is 5.65. The van der Waals surface area contributed by atoms with Gasteiger partial charge in [-0.05, 0) is 45.6 Å². The van der Waals surface area contributed by atoms with Gasteiger partial charge in [0.15, 0.2) is 0 Å². The van der Waals surface area contributed by atoms with Crippen molar-refractivity contribution >= 4 is 27.4 Å². The lowest BCUT2D eigenvalue weighted by Gasteiger charge is -2.22. The fraction of sp³-hybridized carbons (Fsp3) is 0.304. The molecule has 0 saturated carbocycles. The van der Waals surface area contributed by atoms with Crippen LogP contribution in [-0.2, 0) is 12.1 Å². The van der Waals surface area contributed by atoms with E-state index in [9.17, 15) is 5.11 Å². The van der Waals surface area contributed by atoms with Crippen LogP contribution in [0.4, 0.5) is 5.82 Å². The van der Waals surface area contributed by atoms with E-state index in [1.54, 1.807) is 18.3 Å². The summed E-state index contributed by atoms with van der Waals surface area (Å²) in [5.74, 6) is 2.76. The molecule has 3 heterocycles. The van der Waals surface area contributed by atoms with Gasteiger partial charge < -0.3 is 19.7 Å². The molecule has 30 heavy (non-hydrogen) atoms. The Balaban J connectivity index is 1.74. The second kappa shape index (κ2) is 8.18. The Hall–Kier alpha value is -2.74. The molecule has 0 aliphatic carbocycles. The van der Waals surface area contributed by atoms with E-state index in [-0.39, 0.29) is 6.54 Å². The van der Waals surface area contributed by atoms with Crippen LogP contribution in [0.5, 0.6) is 0 Å². The van der Waals surface area contributed by atoms with E-state index in [0.717, 1.165) is 38.7 Å². The highest BCUT2D eigenvalue weighted by Gasteiger charge is 2.27. The number of furan rings is 1. The molecule has 7 heteroatoms. The normalized spacial score (nSPS) is 13.7. The highest BCUT2D eigenvalue weighted by Crippen LogP contribution is 2.37. The Kier molecular flexibility index (Phi) is 5.60. The largest absolute Gasteiger partial charge is 0.463 e. The lowest BCUT2D eigenvalue weighted by molar-refractivity contribution is 0.0467. The molecule has 6 nitrogen and oxygen atoms in total. The van der Waals surface area contributed by atoms with Gasteiger partial charge in [0, 0.05) is 10.9 Å². The van der Waals surface area contributed by atoms with Crippen LogP contribution >= 0.6 is 11.3 Å². The lowest BCUT2D eigenvalue weighted by Crippen LogP contribution is -2.30. The van der Waals surface area contributed by atoms with Gasteiger partial charge in [0.05, 0.1) is 18.5 Å². The molecule has 0 bridgehead atoms. The fourth-order valence-electron chi connectivity index (χ4n) is 3.36. The minimum absolute atomic E-state index is 0.261. The van der Waals surface area contributed by atoms with Crippen molar-refractivity contribution in [3.63, 3.8) is 0 Å². The number of rotatable bonds is 7. The number of benzene rings is 1. The summed E-state index contributed by atoms with van der Waals surface area (Å²) in [7, 11) is 3.99. The molecule has 1 aromatic carbocycles. The Bertz CT molecular complexity index is 1150. The second-order valence-electron chi connectivity index (χ2n) is 7.96. The summed E-state index contributed by atoms with van der Waals surface area (Å²) in [5.41, 5.74) is 1.03. The molecule has 0 aliphatic heterocycles. The van der Waals surface area contributed by atoms with Crippen LogP contribution in [0.1, 0.15) is 24.3 Å². The van der Waals surface area contributed by atoms with Gasteiger partial charge in [-0.2, -0.15) is 0 Å². The maximum atomic E-state index is 11.0. The Labute approximate surface area is 180 Å². The highest BCUT2D eigenvalue weighted by atomic mass is 32.1. The second-order valence-corrected chi connectivity index (χ2v) is 8.82. The van der Waals surface area contributed by atoms with Crippen molar-refractivity contribution < 1.29 is 9.52 Å². The monoisotopic (exact) mass is 422 g/mol. The number of hydrogen-bond donors (Lipinski definition) is 2. The molecule has 2 N–H and O–H groups in total. The van der Waals surface area contributed by atoms with E-state index < -0.39 is 5.60 Å². The predicted octanol–water partition coefficient (Wildman–Crippen LogP) is 4.64. The first kappa shape index (κ1) is 20.5. The zero-order valence-corrected chi connectivity index (χ0v) is 18.5. The maximum Gasteiger partial charge on any atom is 0.146 e. The van der Waals surface area contributed by atoms with Crippen molar-refractivity contribution in [2.75, 3.05) is 26.0 Å². The van der Waals surface area contributed by atoms with E-state index in [1.807, 2.05) is 56.3 Å². The molecule has 0 aliphatic rings. The van der Waals surface area contributed by atoms with Crippen LogP contribution in [0.3, 0.4) is 0 Å². The lowest BCUT2D eigenvalue weighted by atomic mass is 10.0. The highest BCUT2D eigenvalue weighted by molar-refractivity contribution is 7.17. The summed E-state index contributed by atoms with van der Waals surface area (Å²) in [6.45, 7) is 4.50. The van der Waals surface area contributed by atoms with Gasteiger partial charge in [-0.3, -0.25) is 0 Å². The third-order valence-corrected chi connectivity index (χ3v) is 5.77. The SMILES string of the molecule is Cc1ccc(C(C)(O)CNc2nc(CN(C)C)nc3scc(-c4ccccc4)c23)o1. The third-order valence-electron chi connectivity index (χ3n) is 4.89. The van der Waals surface area contributed by atoms with Crippen LogP contribution < -0.4 is 5.32 Å². The topological polar surface area (TPSA) is 74.4 Å². The van der Waals surface area contributed by atoms with E-state index in [1.165, 1.54) is 0 Å². The zero-order chi connectivity index (χ0) is 21.3. The summed E-state index contributed by atoms with van der Waals surface area (Å²) in [4.78, 5) is 12.5. The summed E-state index contributed by atoms with van der Waals surface area (Å²) >= 11 is 1.61. The standard InChI is InChI=1S/C23H26N4O2S/c1-15-10-11-18(29-15)23(2,28)14-24-21-20-17(16-8-6-5-7-9-16)13-30-22(20)26-19(25-21)12-27(3)4/h5-11,13,28H,12,14H2,1-4H3,(H,24,25,26). The fourth-order valence-corrected chi connectivity index (χ4v) is 4.33. The van der Waals surface area contributed by atoms with E-state index in [0.29, 0.717) is 12.3 Å². The van der Waals surface area contributed by atoms with Gasteiger partial charge in [-0.25, -0.2) is 9.97 Å². The molecule has 1 atom stereocenters. The molecular formula is C23H26N4O2S. The number of anilines is 1. The van der Waals surface area contributed by atoms with E-state index >= 15 is 0 Å². The Morgan fingerprint density at radius 3 is 2.57 bits per heavy atom. The minimum atomic E-state index is -1.17. The zero-order valence-electron chi connectivity index (χ0n) is 17.6. The smallest absolute Gasteiger partial charge is 0.146 e. The van der Waals surface area contributed by atoms with Crippen LogP contribution in [0.15, 0.2) is 52.3 Å². The van der Waals surface area contributed by atoms with Crippen molar-refractivity contribution in [2.24, 2.45) is 0 Å². The molecule has 1 unspecified atom stereocenters. The number of aryl methyl sites for hydroxylation is 1. The molecule has 4 rings (SSSR count). The number of fused-ring (bicyclic) bond motifs is 1. The number of hydrogen-bond acceptors (Lipinski definition) is 7. The Morgan fingerprint density at radius 2 is 1.90 bits per heavy atom. The van der Waals surface area contributed by atoms with Crippen LogP contribution in [0.25, 0.3) is 21.3 Å². The number of nitrogens with zero attached hydrogens (tertiary/aromatic N) is 3. The Morgan fingerprint density at radius 1 is 1.13 bits per heavy atom. The van der Waals surface area contributed by atoms with Gasteiger partial charge in [0.25, 0.3) is 0 Å². The quantitative estimate of drug-likeness (QED) is 0.452. The average molecular weight is 423 g/mol. The molecule has 156 valence electrons. The molecule has 4 aromatic rings. The molecular weight excluding hydrogens is 396 g/mol. The summed E-state index contributed by atoms with van der Waals surface area (Å²) in [6, 6.07) is 13.9. The average Bonchev–Trinajstić information content (AvgIpc) is 3.33. The first-order valence-electron chi connectivity index (χ1n) is 9.85. The predicted molar refractivity (Wildman–Crippen MR) is 122 cm³/mol. The molecule has 0 saturated heterocycles. The van der Waals surface area contributed by atoms with Gasteiger partial charge in [0.1, 0.15) is 33.6 Å². The number of nitrogens with one attached hydrogen (secondary N) is 1. The van der Waals surface area contributed by atoms with Crippen LogP contribution in [0, 0.1) is 6.92 Å². The van der Waals surface area contributed by atoms with Crippen molar-refractivity contribution in [2.45, 2.75) is 26.0 Å². The number of thiophene rings is 1. The molecule has 0 spiro atoms. The van der Waals surface area contributed by atoms with Crippen molar-refractivity contribution in [3.05, 3.63) is 65.2 Å². The van der Waals surface area contributed by atoms with Crippen LogP contribution in [-0.4, -0.2) is 40.6 Å². The summed E-state index contributed by atoms with van der Waals surface area (Å²) in [5, 5.41) is 17.4. The van der Waals surface area contributed by atoms with Crippen molar-refractivity contribution in [3.8, 4) is 11.1 Å². The van der Waals surface area contributed by atoms with E-state index in [4.69, 9.17) is 14.4 Å². The molecule has 0 amide bonds.